The second kappa shape index (κ2) is 10.8. The predicted octanol–water partition coefficient (Wildman–Crippen LogP) is 4.54. The van der Waals surface area contributed by atoms with E-state index in [1.165, 1.54) is 5.56 Å². The van der Waals surface area contributed by atoms with Crippen molar-refractivity contribution in [2.24, 2.45) is 5.92 Å². The summed E-state index contributed by atoms with van der Waals surface area (Å²) in [6, 6.07) is 18.2. The van der Waals surface area contributed by atoms with Crippen molar-refractivity contribution in [1.29, 1.82) is 0 Å². The van der Waals surface area contributed by atoms with Crippen molar-refractivity contribution in [3.63, 3.8) is 0 Å². The molecule has 1 aliphatic heterocycles. The number of piperidine rings is 1. The van der Waals surface area contributed by atoms with Crippen LogP contribution in [0.3, 0.4) is 0 Å². The lowest BCUT2D eigenvalue weighted by atomic mass is 9.97. The van der Waals surface area contributed by atoms with E-state index in [0.29, 0.717) is 24.8 Å². The van der Waals surface area contributed by atoms with Gasteiger partial charge in [0.05, 0.1) is 5.92 Å². The monoisotopic (exact) mass is 430 g/mol. The first-order valence-electron chi connectivity index (χ1n) is 11.3. The van der Waals surface area contributed by atoms with E-state index in [1.54, 1.807) is 12.4 Å². The molecule has 1 fully saturated rings. The lowest BCUT2D eigenvalue weighted by molar-refractivity contribution is -0.125. The maximum Gasteiger partial charge on any atom is 0.263 e. The Balaban J connectivity index is 1.34. The summed E-state index contributed by atoms with van der Waals surface area (Å²) in [5.41, 5.74) is 2.34. The Bertz CT molecular complexity index is 1030. The van der Waals surface area contributed by atoms with Gasteiger partial charge in [0.1, 0.15) is 5.75 Å². The smallest absolute Gasteiger partial charge is 0.263 e. The minimum atomic E-state index is -0.0613. The third-order valence-electron chi connectivity index (χ3n) is 5.82. The molecule has 1 saturated heterocycles. The van der Waals surface area contributed by atoms with Crippen molar-refractivity contribution in [2.45, 2.75) is 32.6 Å². The number of carbonyl (C=O) groups excluding carboxylic acids is 1. The highest BCUT2D eigenvalue weighted by molar-refractivity contribution is 5.79. The van der Waals surface area contributed by atoms with Crippen LogP contribution in [0.15, 0.2) is 67.0 Å². The number of hydrogen-bond donors (Lipinski definition) is 1. The Morgan fingerprint density at radius 1 is 1.09 bits per heavy atom. The number of rotatable bonds is 8. The summed E-state index contributed by atoms with van der Waals surface area (Å²) in [5.74, 6) is 1.99. The Morgan fingerprint density at radius 3 is 2.72 bits per heavy atom. The van der Waals surface area contributed by atoms with Gasteiger partial charge < -0.3 is 15.0 Å². The number of nitrogens with zero attached hydrogens (tertiary/aromatic N) is 3. The Hall–Kier alpha value is -3.41. The third-order valence-corrected chi connectivity index (χ3v) is 5.82. The van der Waals surface area contributed by atoms with E-state index in [1.807, 2.05) is 49.4 Å². The number of aryl methyl sites for hydroxylation is 2. The largest absolute Gasteiger partial charge is 0.436 e. The summed E-state index contributed by atoms with van der Waals surface area (Å²) >= 11 is 0. The summed E-state index contributed by atoms with van der Waals surface area (Å²) in [6.45, 7) is 4.15. The van der Waals surface area contributed by atoms with Crippen LogP contribution in [0.4, 0.5) is 5.82 Å². The van der Waals surface area contributed by atoms with E-state index >= 15 is 0 Å². The first-order chi connectivity index (χ1) is 15.7. The van der Waals surface area contributed by atoms with Gasteiger partial charge >= 0.3 is 0 Å². The third kappa shape index (κ3) is 5.63. The standard InChI is InChI=1S/C26H30N4O2/c1-20-9-5-6-14-23(20)32-26-24(27-16-17-29-26)30-18-8-13-22(19-30)25(31)28-15-7-12-21-10-3-2-4-11-21/h2-6,9-11,14,16-17,22H,7-8,12-13,15,18-19H2,1H3,(H,28,31). The topological polar surface area (TPSA) is 67.4 Å². The van der Waals surface area contributed by atoms with Crippen molar-refractivity contribution >= 4 is 11.7 Å². The Kier molecular flexibility index (Phi) is 7.33. The fourth-order valence-corrected chi connectivity index (χ4v) is 4.06. The summed E-state index contributed by atoms with van der Waals surface area (Å²) in [7, 11) is 0. The Morgan fingerprint density at radius 2 is 1.88 bits per heavy atom. The lowest BCUT2D eigenvalue weighted by Crippen LogP contribution is -2.43. The molecule has 0 radical (unpaired) electrons. The number of aromatic nitrogens is 2. The van der Waals surface area contributed by atoms with Crippen LogP contribution in [-0.2, 0) is 11.2 Å². The molecule has 3 aromatic rings. The number of hydrogen-bond acceptors (Lipinski definition) is 5. The average Bonchev–Trinajstić information content (AvgIpc) is 2.84. The SMILES string of the molecule is Cc1ccccc1Oc1nccnc1N1CCCC(C(=O)NCCCc2ccccc2)C1. The molecular formula is C26H30N4O2. The van der Waals surface area contributed by atoms with Crippen LogP contribution in [0, 0.1) is 12.8 Å². The van der Waals surface area contributed by atoms with Gasteiger partial charge in [-0.15, -0.1) is 0 Å². The molecule has 1 aliphatic rings. The van der Waals surface area contributed by atoms with Gasteiger partial charge in [0.2, 0.25) is 5.91 Å². The zero-order valence-corrected chi connectivity index (χ0v) is 18.5. The molecule has 0 spiro atoms. The zero-order valence-electron chi connectivity index (χ0n) is 18.5. The number of benzene rings is 2. The first kappa shape index (κ1) is 21.8. The Labute approximate surface area is 189 Å². The fourth-order valence-electron chi connectivity index (χ4n) is 4.06. The molecule has 32 heavy (non-hydrogen) atoms. The number of amides is 1. The maximum absolute atomic E-state index is 12.8. The maximum atomic E-state index is 12.8. The quantitative estimate of drug-likeness (QED) is 0.532. The second-order valence-corrected chi connectivity index (χ2v) is 8.22. The van der Waals surface area contributed by atoms with Crippen molar-refractivity contribution in [3.8, 4) is 11.6 Å². The molecule has 166 valence electrons. The summed E-state index contributed by atoms with van der Waals surface area (Å²) < 4.78 is 6.09. The van der Waals surface area contributed by atoms with Gasteiger partial charge in [-0.05, 0) is 49.8 Å². The summed E-state index contributed by atoms with van der Waals surface area (Å²) in [4.78, 5) is 23.9. The lowest BCUT2D eigenvalue weighted by Gasteiger charge is -2.33. The summed E-state index contributed by atoms with van der Waals surface area (Å²) in [6.07, 6.45) is 7.03. The van der Waals surface area contributed by atoms with Crippen LogP contribution < -0.4 is 15.0 Å². The molecule has 0 aliphatic carbocycles. The molecule has 2 heterocycles. The molecule has 1 atom stereocenters. The average molecular weight is 431 g/mol. The van der Waals surface area contributed by atoms with Gasteiger partial charge in [0.25, 0.3) is 5.88 Å². The number of nitrogens with one attached hydrogen (secondary N) is 1. The van der Waals surface area contributed by atoms with E-state index in [9.17, 15) is 4.79 Å². The van der Waals surface area contributed by atoms with Crippen LogP contribution in [0.1, 0.15) is 30.4 Å². The van der Waals surface area contributed by atoms with E-state index in [-0.39, 0.29) is 11.8 Å². The molecular weight excluding hydrogens is 400 g/mol. The molecule has 1 aromatic heterocycles. The molecule has 6 nitrogen and oxygen atoms in total. The highest BCUT2D eigenvalue weighted by Gasteiger charge is 2.28. The minimum Gasteiger partial charge on any atom is -0.436 e. The van der Waals surface area contributed by atoms with Crippen LogP contribution >= 0.6 is 0 Å². The molecule has 1 N–H and O–H groups in total. The zero-order chi connectivity index (χ0) is 22.2. The van der Waals surface area contributed by atoms with Gasteiger partial charge in [-0.3, -0.25) is 4.79 Å². The minimum absolute atomic E-state index is 0.0613. The van der Waals surface area contributed by atoms with Crippen LogP contribution in [0.5, 0.6) is 11.6 Å². The van der Waals surface area contributed by atoms with E-state index in [0.717, 1.165) is 43.5 Å². The van der Waals surface area contributed by atoms with Gasteiger partial charge in [-0.2, -0.15) is 0 Å². The van der Waals surface area contributed by atoms with Gasteiger partial charge in [-0.25, -0.2) is 9.97 Å². The van der Waals surface area contributed by atoms with E-state index in [2.05, 4.69) is 32.3 Å². The van der Waals surface area contributed by atoms with Crippen molar-refractivity contribution in [3.05, 3.63) is 78.1 Å². The molecule has 2 aromatic carbocycles. The van der Waals surface area contributed by atoms with Gasteiger partial charge in [-0.1, -0.05) is 48.5 Å². The molecule has 0 saturated carbocycles. The second-order valence-electron chi connectivity index (χ2n) is 8.22. The predicted molar refractivity (Wildman–Crippen MR) is 126 cm³/mol. The number of carbonyl (C=O) groups is 1. The molecule has 1 amide bonds. The van der Waals surface area contributed by atoms with Crippen molar-refractivity contribution < 1.29 is 9.53 Å². The molecule has 6 heteroatoms. The molecule has 1 unspecified atom stereocenters. The first-order valence-corrected chi connectivity index (χ1v) is 11.3. The number of para-hydroxylation sites is 1. The highest BCUT2D eigenvalue weighted by atomic mass is 16.5. The normalized spacial score (nSPS) is 15.9. The fraction of sp³-hybridized carbons (Fsp3) is 0.346. The van der Waals surface area contributed by atoms with E-state index in [4.69, 9.17) is 4.74 Å². The van der Waals surface area contributed by atoms with Crippen LogP contribution in [0.2, 0.25) is 0 Å². The van der Waals surface area contributed by atoms with Gasteiger partial charge in [0, 0.05) is 32.0 Å². The van der Waals surface area contributed by atoms with Crippen molar-refractivity contribution in [1.82, 2.24) is 15.3 Å². The van der Waals surface area contributed by atoms with Crippen LogP contribution in [0.25, 0.3) is 0 Å². The van der Waals surface area contributed by atoms with Crippen molar-refractivity contribution in [2.75, 3.05) is 24.5 Å². The highest BCUT2D eigenvalue weighted by Crippen LogP contribution is 2.32. The summed E-state index contributed by atoms with van der Waals surface area (Å²) in [5, 5.41) is 3.12. The number of ether oxygens (including phenoxy) is 1. The molecule has 4 rings (SSSR count). The number of anilines is 1. The van der Waals surface area contributed by atoms with E-state index < -0.39 is 0 Å². The molecule has 0 bridgehead atoms. The van der Waals surface area contributed by atoms with Crippen LogP contribution in [-0.4, -0.2) is 35.5 Å². The van der Waals surface area contributed by atoms with Gasteiger partial charge in [0.15, 0.2) is 5.82 Å².